The van der Waals surface area contributed by atoms with E-state index in [1.165, 1.54) is 18.3 Å². The number of carbonyl (C=O) groups excluding carboxylic acids is 2. The number of hydrogen-bond donors (Lipinski definition) is 3. The lowest BCUT2D eigenvalue weighted by atomic mass is 10.2. The molecular formula is C23H26N4O6S2. The van der Waals surface area contributed by atoms with Crippen LogP contribution in [0, 0.1) is 0 Å². The van der Waals surface area contributed by atoms with Crippen molar-refractivity contribution in [2.75, 3.05) is 38.3 Å². The molecule has 186 valence electrons. The fourth-order valence-corrected chi connectivity index (χ4v) is 4.53. The second-order valence-electron chi connectivity index (χ2n) is 7.38. The van der Waals surface area contributed by atoms with Crippen molar-refractivity contribution >= 4 is 38.2 Å². The van der Waals surface area contributed by atoms with Crippen molar-refractivity contribution in [3.8, 4) is 11.5 Å². The molecule has 1 heterocycles. The monoisotopic (exact) mass is 518 g/mol. The Hall–Kier alpha value is -3.32. The first-order chi connectivity index (χ1) is 16.8. The lowest BCUT2D eigenvalue weighted by Crippen LogP contribution is -2.32. The number of thiazole rings is 1. The van der Waals surface area contributed by atoms with Gasteiger partial charge >= 0.3 is 5.97 Å². The van der Waals surface area contributed by atoms with Gasteiger partial charge in [-0.05, 0) is 29.8 Å². The molecule has 0 aliphatic rings. The molecule has 3 N–H and O–H groups in total. The lowest BCUT2D eigenvalue weighted by Gasteiger charge is -2.10. The van der Waals surface area contributed by atoms with E-state index in [2.05, 4.69) is 20.9 Å². The molecule has 3 aromatic rings. The van der Waals surface area contributed by atoms with Gasteiger partial charge in [0.15, 0.2) is 15.0 Å². The van der Waals surface area contributed by atoms with Crippen LogP contribution < -0.4 is 25.4 Å². The highest BCUT2D eigenvalue weighted by molar-refractivity contribution is 7.92. The fraction of sp³-hybridized carbons (Fsp3) is 0.261. The minimum Gasteiger partial charge on any atom is -0.497 e. The summed E-state index contributed by atoms with van der Waals surface area (Å²) in [6, 6.07) is 14.0. The van der Waals surface area contributed by atoms with Crippen molar-refractivity contribution in [2.24, 2.45) is 0 Å². The average molecular weight is 519 g/mol. The Morgan fingerprint density at radius 3 is 2.43 bits per heavy atom. The zero-order valence-corrected chi connectivity index (χ0v) is 20.9. The van der Waals surface area contributed by atoms with Crippen molar-refractivity contribution < 1.29 is 27.5 Å². The van der Waals surface area contributed by atoms with E-state index in [0.717, 1.165) is 28.9 Å². The largest absolute Gasteiger partial charge is 0.497 e. The van der Waals surface area contributed by atoms with Gasteiger partial charge in [-0.15, -0.1) is 0 Å². The summed E-state index contributed by atoms with van der Waals surface area (Å²) in [5, 5.41) is 8.92. The average Bonchev–Trinajstić information content (AvgIpc) is 3.31. The summed E-state index contributed by atoms with van der Waals surface area (Å²) in [6.45, 7) is 1.83. The maximum atomic E-state index is 12.6. The molecule has 1 amide bonds. The van der Waals surface area contributed by atoms with Crippen molar-refractivity contribution in [3.63, 3.8) is 0 Å². The lowest BCUT2D eigenvalue weighted by molar-refractivity contribution is -0.133. The molecule has 0 unspecified atom stereocenters. The zero-order chi connectivity index (χ0) is 25.3. The molecular weight excluding hydrogens is 492 g/mol. The SMILES string of the molecule is COc1ccc(CNCCNCC(=O)Oc2ccccc2C(=O)Nc2ncc(S(C)(=O)=O)s2)cc1. The smallest absolute Gasteiger partial charge is 0.325 e. The van der Waals surface area contributed by atoms with E-state index in [1.807, 2.05) is 24.3 Å². The van der Waals surface area contributed by atoms with Gasteiger partial charge in [-0.2, -0.15) is 0 Å². The number of ether oxygens (including phenoxy) is 2. The van der Waals surface area contributed by atoms with Crippen LogP contribution in [0.3, 0.4) is 0 Å². The van der Waals surface area contributed by atoms with E-state index in [4.69, 9.17) is 9.47 Å². The summed E-state index contributed by atoms with van der Waals surface area (Å²) in [7, 11) is -1.80. The van der Waals surface area contributed by atoms with Crippen LogP contribution in [-0.2, 0) is 21.2 Å². The summed E-state index contributed by atoms with van der Waals surface area (Å²) in [6.07, 6.45) is 2.24. The molecule has 0 aliphatic carbocycles. The molecule has 0 spiro atoms. The number of esters is 1. The zero-order valence-electron chi connectivity index (χ0n) is 19.2. The van der Waals surface area contributed by atoms with Crippen LogP contribution in [-0.4, -0.2) is 58.3 Å². The Morgan fingerprint density at radius 1 is 1.03 bits per heavy atom. The Morgan fingerprint density at radius 2 is 1.74 bits per heavy atom. The number of hydrogen-bond acceptors (Lipinski definition) is 10. The summed E-state index contributed by atoms with van der Waals surface area (Å²) in [4.78, 5) is 28.8. The highest BCUT2D eigenvalue weighted by Crippen LogP contribution is 2.25. The standard InChI is InChI=1S/C23H26N4O6S2/c1-32-17-9-7-16(8-10-17)13-24-11-12-25-14-20(28)33-19-6-4-3-5-18(19)22(29)27-23-26-15-21(34-23)35(2,30)31/h3-10,15,24-25H,11-14H2,1-2H3,(H,26,27,29). The second-order valence-corrected chi connectivity index (χ2v) is 10.7. The molecule has 2 aromatic carbocycles. The van der Waals surface area contributed by atoms with E-state index >= 15 is 0 Å². The van der Waals surface area contributed by atoms with Crippen LogP contribution in [0.15, 0.2) is 58.9 Å². The Balaban J connectivity index is 1.44. The van der Waals surface area contributed by atoms with Crippen molar-refractivity contribution in [1.29, 1.82) is 0 Å². The summed E-state index contributed by atoms with van der Waals surface area (Å²) < 4.78 is 33.7. The molecule has 0 fully saturated rings. The molecule has 0 saturated heterocycles. The Kier molecular flexibility index (Phi) is 9.32. The van der Waals surface area contributed by atoms with Gasteiger partial charge in [-0.1, -0.05) is 35.6 Å². The predicted octanol–water partition coefficient (Wildman–Crippen LogP) is 2.09. The van der Waals surface area contributed by atoms with Crippen LogP contribution in [0.25, 0.3) is 0 Å². The maximum Gasteiger partial charge on any atom is 0.325 e. The molecule has 12 heteroatoms. The summed E-state index contributed by atoms with van der Waals surface area (Å²) in [5.41, 5.74) is 1.24. The minimum atomic E-state index is -3.42. The molecule has 1 aromatic heterocycles. The topological polar surface area (TPSA) is 136 Å². The summed E-state index contributed by atoms with van der Waals surface area (Å²) >= 11 is 0.840. The van der Waals surface area contributed by atoms with Gasteiger partial charge in [0.25, 0.3) is 5.91 Å². The van der Waals surface area contributed by atoms with E-state index in [0.29, 0.717) is 19.6 Å². The third-order valence-corrected chi connectivity index (χ3v) is 7.36. The molecule has 35 heavy (non-hydrogen) atoms. The number of benzene rings is 2. The number of nitrogens with one attached hydrogen (secondary N) is 3. The van der Waals surface area contributed by atoms with E-state index < -0.39 is 21.7 Å². The normalized spacial score (nSPS) is 11.1. The predicted molar refractivity (Wildman–Crippen MR) is 133 cm³/mol. The Labute approximate surface area is 207 Å². The maximum absolute atomic E-state index is 12.6. The molecule has 0 aliphatic heterocycles. The number of aromatic nitrogens is 1. The third kappa shape index (κ3) is 8.14. The van der Waals surface area contributed by atoms with Crippen LogP contribution in [0.5, 0.6) is 11.5 Å². The van der Waals surface area contributed by atoms with Gasteiger partial charge in [-0.3, -0.25) is 14.9 Å². The van der Waals surface area contributed by atoms with Crippen molar-refractivity contribution in [1.82, 2.24) is 15.6 Å². The molecule has 0 bridgehead atoms. The number of sulfone groups is 1. The van der Waals surface area contributed by atoms with Crippen LogP contribution in [0.2, 0.25) is 0 Å². The van der Waals surface area contributed by atoms with E-state index in [-0.39, 0.29) is 27.2 Å². The van der Waals surface area contributed by atoms with E-state index in [9.17, 15) is 18.0 Å². The van der Waals surface area contributed by atoms with Gasteiger partial charge in [0.05, 0.1) is 25.4 Å². The molecule has 0 atom stereocenters. The highest BCUT2D eigenvalue weighted by atomic mass is 32.2. The van der Waals surface area contributed by atoms with Gasteiger partial charge < -0.3 is 20.1 Å². The first-order valence-corrected chi connectivity index (χ1v) is 13.3. The number of para-hydroxylation sites is 1. The van der Waals surface area contributed by atoms with Crippen molar-refractivity contribution in [2.45, 2.75) is 10.8 Å². The van der Waals surface area contributed by atoms with Crippen molar-refractivity contribution in [3.05, 3.63) is 65.9 Å². The van der Waals surface area contributed by atoms with Crippen LogP contribution in [0.4, 0.5) is 5.13 Å². The Bertz CT molecular complexity index is 1260. The van der Waals surface area contributed by atoms with Gasteiger partial charge in [0.2, 0.25) is 0 Å². The number of rotatable bonds is 12. The van der Waals surface area contributed by atoms with Crippen LogP contribution in [0.1, 0.15) is 15.9 Å². The number of nitrogens with zero attached hydrogens (tertiary/aromatic N) is 1. The quantitative estimate of drug-likeness (QED) is 0.187. The fourth-order valence-electron chi connectivity index (χ4n) is 2.90. The van der Waals surface area contributed by atoms with Gasteiger partial charge in [0, 0.05) is 25.9 Å². The first-order valence-electron chi connectivity index (χ1n) is 10.6. The van der Waals surface area contributed by atoms with E-state index in [1.54, 1.807) is 19.2 Å². The van der Waals surface area contributed by atoms with Gasteiger partial charge in [-0.25, -0.2) is 13.4 Å². The van der Waals surface area contributed by atoms with Gasteiger partial charge in [0.1, 0.15) is 15.7 Å². The molecule has 0 radical (unpaired) electrons. The number of anilines is 1. The minimum absolute atomic E-state index is 0.0373. The first kappa shape index (κ1) is 26.3. The number of carbonyl (C=O) groups is 2. The van der Waals surface area contributed by atoms with Crippen LogP contribution >= 0.6 is 11.3 Å². The summed E-state index contributed by atoms with van der Waals surface area (Å²) in [5.74, 6) is -0.223. The highest BCUT2D eigenvalue weighted by Gasteiger charge is 2.18. The number of amides is 1. The number of methoxy groups -OCH3 is 1. The third-order valence-electron chi connectivity index (χ3n) is 4.66. The molecule has 10 nitrogen and oxygen atoms in total. The second kappa shape index (κ2) is 12.4. The molecule has 3 rings (SSSR count). The molecule has 0 saturated carbocycles.